The van der Waals surface area contributed by atoms with Gasteiger partial charge in [0.05, 0.1) is 10.8 Å². The van der Waals surface area contributed by atoms with Crippen LogP contribution in [-0.2, 0) is 14.8 Å². The van der Waals surface area contributed by atoms with Gasteiger partial charge in [-0.3, -0.25) is 4.79 Å². The summed E-state index contributed by atoms with van der Waals surface area (Å²) in [6.45, 7) is 3.32. The van der Waals surface area contributed by atoms with E-state index in [1.54, 1.807) is 6.92 Å². The summed E-state index contributed by atoms with van der Waals surface area (Å²) in [5, 5.41) is 9.05. The van der Waals surface area contributed by atoms with Crippen LogP contribution in [0.2, 0.25) is 0 Å². The van der Waals surface area contributed by atoms with Crippen molar-refractivity contribution in [1.29, 1.82) is 0 Å². The Labute approximate surface area is 117 Å². The third-order valence-electron chi connectivity index (χ3n) is 3.66. The second-order valence-electron chi connectivity index (χ2n) is 5.16. The average molecular weight is 301 g/mol. The Balaban J connectivity index is 2.32. The molecule has 0 radical (unpaired) electrons. The summed E-state index contributed by atoms with van der Waals surface area (Å²) >= 11 is 0. The van der Waals surface area contributed by atoms with Gasteiger partial charge in [-0.1, -0.05) is 6.92 Å². The molecule has 1 heterocycles. The first-order chi connectivity index (χ1) is 9.23. The van der Waals surface area contributed by atoms with Crippen molar-refractivity contribution >= 4 is 16.0 Å². The van der Waals surface area contributed by atoms with Gasteiger partial charge in [-0.05, 0) is 36.6 Å². The molecule has 2 rings (SSSR count). The van der Waals surface area contributed by atoms with Gasteiger partial charge in [0.25, 0.3) is 0 Å². The summed E-state index contributed by atoms with van der Waals surface area (Å²) in [5.74, 6) is -2.41. The average Bonchev–Trinajstić information content (AvgIpc) is 2.75. The smallest absolute Gasteiger partial charge is 0.308 e. The van der Waals surface area contributed by atoms with E-state index in [4.69, 9.17) is 5.11 Å². The molecule has 0 amide bonds. The normalized spacial score (nSPS) is 23.9. The fourth-order valence-corrected chi connectivity index (χ4v) is 4.02. The number of aliphatic carboxylic acids is 1. The first-order valence-electron chi connectivity index (χ1n) is 6.22. The summed E-state index contributed by atoms with van der Waals surface area (Å²) in [6.07, 6.45) is 0. The van der Waals surface area contributed by atoms with Crippen LogP contribution in [-0.4, -0.2) is 36.9 Å². The molecule has 1 aliphatic rings. The van der Waals surface area contributed by atoms with Crippen molar-refractivity contribution in [1.82, 2.24) is 4.31 Å². The van der Waals surface area contributed by atoms with Crippen LogP contribution < -0.4 is 0 Å². The van der Waals surface area contributed by atoms with E-state index in [0.717, 1.165) is 10.4 Å². The fraction of sp³-hybridized carbons (Fsp3) is 0.462. The summed E-state index contributed by atoms with van der Waals surface area (Å²) in [6, 6.07) is 3.58. The Morgan fingerprint density at radius 3 is 2.55 bits per heavy atom. The van der Waals surface area contributed by atoms with E-state index in [2.05, 4.69) is 0 Å². The molecule has 0 unspecified atom stereocenters. The Bertz CT molecular complexity index is 644. The number of carboxylic acids is 1. The van der Waals surface area contributed by atoms with Gasteiger partial charge in [0.1, 0.15) is 5.82 Å². The quantitative estimate of drug-likeness (QED) is 0.917. The first-order valence-corrected chi connectivity index (χ1v) is 7.66. The molecule has 0 aliphatic carbocycles. The maximum absolute atomic E-state index is 13.2. The Kier molecular flexibility index (Phi) is 3.84. The molecule has 7 heteroatoms. The number of hydrogen-bond acceptors (Lipinski definition) is 3. The van der Waals surface area contributed by atoms with Gasteiger partial charge in [-0.2, -0.15) is 4.31 Å². The number of aryl methyl sites for hydroxylation is 1. The van der Waals surface area contributed by atoms with Gasteiger partial charge < -0.3 is 5.11 Å². The molecule has 0 bridgehead atoms. The van der Waals surface area contributed by atoms with Gasteiger partial charge >= 0.3 is 5.97 Å². The molecule has 0 aromatic heterocycles. The highest BCUT2D eigenvalue weighted by Crippen LogP contribution is 2.29. The van der Waals surface area contributed by atoms with E-state index >= 15 is 0 Å². The highest BCUT2D eigenvalue weighted by atomic mass is 32.2. The van der Waals surface area contributed by atoms with Gasteiger partial charge in [0.15, 0.2) is 0 Å². The molecule has 2 atom stereocenters. The first kappa shape index (κ1) is 14.9. The van der Waals surface area contributed by atoms with Gasteiger partial charge in [0, 0.05) is 13.1 Å². The maximum atomic E-state index is 13.2. The highest BCUT2D eigenvalue weighted by molar-refractivity contribution is 7.89. The second-order valence-corrected chi connectivity index (χ2v) is 7.09. The molecule has 1 aromatic rings. The number of halogens is 1. The molecule has 0 saturated carbocycles. The molecule has 0 spiro atoms. The lowest BCUT2D eigenvalue weighted by molar-refractivity contribution is -0.142. The summed E-state index contributed by atoms with van der Waals surface area (Å²) in [4.78, 5) is 11.0. The third-order valence-corrected chi connectivity index (χ3v) is 5.49. The van der Waals surface area contributed by atoms with Crippen LogP contribution >= 0.6 is 0 Å². The predicted octanol–water partition coefficient (Wildman–Crippen LogP) is 1.48. The van der Waals surface area contributed by atoms with E-state index < -0.39 is 27.7 Å². The maximum Gasteiger partial charge on any atom is 0.308 e. The van der Waals surface area contributed by atoms with Crippen LogP contribution in [0.5, 0.6) is 0 Å². The number of hydrogen-bond donors (Lipinski definition) is 1. The van der Waals surface area contributed by atoms with Crippen molar-refractivity contribution in [3.8, 4) is 0 Å². The summed E-state index contributed by atoms with van der Waals surface area (Å²) in [5.41, 5.74) is 0.244. The van der Waals surface area contributed by atoms with Crippen molar-refractivity contribution in [2.45, 2.75) is 18.7 Å². The van der Waals surface area contributed by atoms with E-state index in [9.17, 15) is 17.6 Å². The van der Waals surface area contributed by atoms with E-state index in [-0.39, 0.29) is 29.5 Å². The molecule has 5 nitrogen and oxygen atoms in total. The molecule has 1 fully saturated rings. The SMILES string of the molecule is Cc1cc(S(=O)(=O)N2C[C@@H](C)[C@H](C(=O)O)C2)ccc1F. The van der Waals surface area contributed by atoms with Crippen molar-refractivity contribution in [2.75, 3.05) is 13.1 Å². The lowest BCUT2D eigenvalue weighted by Crippen LogP contribution is -2.30. The largest absolute Gasteiger partial charge is 0.481 e. The van der Waals surface area contributed by atoms with Crippen molar-refractivity contribution < 1.29 is 22.7 Å². The lowest BCUT2D eigenvalue weighted by atomic mass is 9.99. The molecule has 20 heavy (non-hydrogen) atoms. The third kappa shape index (κ3) is 2.55. The van der Waals surface area contributed by atoms with Crippen LogP contribution in [0.1, 0.15) is 12.5 Å². The molecule has 1 saturated heterocycles. The number of nitrogens with zero attached hydrogens (tertiary/aromatic N) is 1. The number of sulfonamides is 1. The number of rotatable bonds is 3. The number of carbonyl (C=O) groups is 1. The minimum absolute atomic E-state index is 0.00496. The van der Waals surface area contributed by atoms with Crippen LogP contribution in [0.3, 0.4) is 0 Å². The second kappa shape index (κ2) is 5.14. The minimum Gasteiger partial charge on any atom is -0.481 e. The van der Waals surface area contributed by atoms with E-state index in [0.29, 0.717) is 0 Å². The topological polar surface area (TPSA) is 74.7 Å². The van der Waals surface area contributed by atoms with Crippen molar-refractivity contribution in [3.05, 3.63) is 29.6 Å². The summed E-state index contributed by atoms with van der Waals surface area (Å²) in [7, 11) is -3.77. The van der Waals surface area contributed by atoms with E-state index in [1.807, 2.05) is 0 Å². The standard InChI is InChI=1S/C13H16FNO4S/c1-8-5-10(3-4-12(8)14)20(18,19)15-6-9(2)11(7-15)13(16)17/h3-5,9,11H,6-7H2,1-2H3,(H,16,17)/t9-,11-/m1/s1. The Morgan fingerprint density at radius 2 is 2.05 bits per heavy atom. The van der Waals surface area contributed by atoms with Crippen molar-refractivity contribution in [3.63, 3.8) is 0 Å². The van der Waals surface area contributed by atoms with Crippen LogP contribution in [0.25, 0.3) is 0 Å². The highest BCUT2D eigenvalue weighted by Gasteiger charge is 2.40. The van der Waals surface area contributed by atoms with Gasteiger partial charge in [0.2, 0.25) is 10.0 Å². The molecular weight excluding hydrogens is 285 g/mol. The molecular formula is C13H16FNO4S. The van der Waals surface area contributed by atoms with Crippen LogP contribution in [0, 0.1) is 24.6 Å². The molecule has 1 N–H and O–H groups in total. The zero-order chi connectivity index (χ0) is 15.1. The van der Waals surface area contributed by atoms with Gasteiger partial charge in [-0.25, -0.2) is 12.8 Å². The summed E-state index contributed by atoms with van der Waals surface area (Å²) < 4.78 is 39.2. The molecule has 1 aromatic carbocycles. The zero-order valence-electron chi connectivity index (χ0n) is 11.2. The molecule has 110 valence electrons. The monoisotopic (exact) mass is 301 g/mol. The van der Waals surface area contributed by atoms with E-state index in [1.165, 1.54) is 19.1 Å². The van der Waals surface area contributed by atoms with Gasteiger partial charge in [-0.15, -0.1) is 0 Å². The minimum atomic E-state index is -3.77. The zero-order valence-corrected chi connectivity index (χ0v) is 12.0. The lowest BCUT2D eigenvalue weighted by Gasteiger charge is -2.16. The number of benzene rings is 1. The Hall–Kier alpha value is -1.47. The Morgan fingerprint density at radius 1 is 1.40 bits per heavy atom. The predicted molar refractivity (Wildman–Crippen MR) is 70.2 cm³/mol. The fourth-order valence-electron chi connectivity index (χ4n) is 2.37. The van der Waals surface area contributed by atoms with Crippen LogP contribution in [0.15, 0.2) is 23.1 Å². The van der Waals surface area contributed by atoms with Crippen LogP contribution in [0.4, 0.5) is 4.39 Å². The van der Waals surface area contributed by atoms with Crippen molar-refractivity contribution in [2.24, 2.45) is 11.8 Å². The molecule has 1 aliphatic heterocycles. The number of carboxylic acid groups (broad SMARTS) is 1.